The van der Waals surface area contributed by atoms with Crippen molar-refractivity contribution in [3.63, 3.8) is 0 Å². The topological polar surface area (TPSA) is 76.5 Å². The predicted molar refractivity (Wildman–Crippen MR) is 104 cm³/mol. The number of nitrogens with zero attached hydrogens (tertiary/aromatic N) is 4. The van der Waals surface area contributed by atoms with Gasteiger partial charge in [0, 0.05) is 17.1 Å². The van der Waals surface area contributed by atoms with Crippen LogP contribution in [0.2, 0.25) is 0 Å². The Bertz CT molecular complexity index is 1420. The molecule has 0 unspecified atom stereocenters. The van der Waals surface area contributed by atoms with Crippen LogP contribution in [-0.4, -0.2) is 24.7 Å². The van der Waals surface area contributed by atoms with Gasteiger partial charge < -0.3 is 0 Å². The average molecular weight is 389 g/mol. The summed E-state index contributed by atoms with van der Waals surface area (Å²) in [5.41, 5.74) is 1.95. The number of benzene rings is 2. The number of fused-ring (bicyclic) bond motifs is 2. The molecule has 5 rings (SSSR count). The highest BCUT2D eigenvalue weighted by Crippen LogP contribution is 2.27. The van der Waals surface area contributed by atoms with Crippen LogP contribution >= 0.6 is 0 Å². The summed E-state index contributed by atoms with van der Waals surface area (Å²) in [6, 6.07) is 11.3. The summed E-state index contributed by atoms with van der Waals surface area (Å²) in [6.07, 6.45) is 4.27. The number of H-pyrrole nitrogens is 1. The van der Waals surface area contributed by atoms with Crippen LogP contribution in [0.3, 0.4) is 0 Å². The molecule has 0 aliphatic carbocycles. The molecule has 0 spiro atoms. The lowest BCUT2D eigenvalue weighted by molar-refractivity contribution is 0.544. The van der Waals surface area contributed by atoms with Crippen LogP contribution in [-0.2, 0) is 6.54 Å². The fraction of sp³-hybridized carbons (Fsp3) is 0.0476. The third kappa shape index (κ3) is 2.94. The zero-order chi connectivity index (χ0) is 20.0. The van der Waals surface area contributed by atoms with Gasteiger partial charge in [0.15, 0.2) is 5.65 Å². The molecule has 29 heavy (non-hydrogen) atoms. The quantitative estimate of drug-likeness (QED) is 0.511. The van der Waals surface area contributed by atoms with Crippen molar-refractivity contribution in [3.8, 4) is 11.1 Å². The molecule has 0 saturated carbocycles. The molecule has 3 aromatic heterocycles. The van der Waals surface area contributed by atoms with E-state index >= 15 is 0 Å². The van der Waals surface area contributed by atoms with Gasteiger partial charge >= 0.3 is 0 Å². The lowest BCUT2D eigenvalue weighted by Crippen LogP contribution is -2.23. The monoisotopic (exact) mass is 389 g/mol. The minimum Gasteiger partial charge on any atom is -0.285 e. The summed E-state index contributed by atoms with van der Waals surface area (Å²) < 4.78 is 30.9. The number of aromatic nitrogens is 5. The van der Waals surface area contributed by atoms with E-state index in [4.69, 9.17) is 0 Å². The molecule has 0 bridgehead atoms. The van der Waals surface area contributed by atoms with Gasteiger partial charge in [0.2, 0.25) is 0 Å². The van der Waals surface area contributed by atoms with Crippen molar-refractivity contribution in [1.29, 1.82) is 0 Å². The Hall–Kier alpha value is -3.94. The summed E-state index contributed by atoms with van der Waals surface area (Å²) in [6.45, 7) is -0.284. The first-order valence-electron chi connectivity index (χ1n) is 8.82. The van der Waals surface area contributed by atoms with Crippen LogP contribution in [0.25, 0.3) is 33.2 Å². The zero-order valence-corrected chi connectivity index (χ0v) is 14.9. The highest BCUT2D eigenvalue weighted by atomic mass is 19.1. The number of rotatable bonds is 3. The van der Waals surface area contributed by atoms with Crippen molar-refractivity contribution >= 4 is 22.1 Å². The lowest BCUT2D eigenvalue weighted by Gasteiger charge is -2.12. The van der Waals surface area contributed by atoms with Crippen LogP contribution in [0.15, 0.2) is 65.8 Å². The molecule has 1 N–H and O–H groups in total. The second kappa shape index (κ2) is 6.59. The highest BCUT2D eigenvalue weighted by Gasteiger charge is 2.16. The Kier molecular flexibility index (Phi) is 3.90. The molecule has 6 nitrogen and oxygen atoms in total. The molecule has 0 saturated heterocycles. The molecule has 5 aromatic rings. The third-order valence-corrected chi connectivity index (χ3v) is 4.83. The van der Waals surface area contributed by atoms with Gasteiger partial charge in [0.1, 0.15) is 17.2 Å². The number of aromatic amines is 1. The van der Waals surface area contributed by atoms with Crippen molar-refractivity contribution in [2.24, 2.45) is 0 Å². The molecule has 142 valence electrons. The molecule has 0 atom stereocenters. The molecule has 2 aromatic carbocycles. The molecule has 0 aliphatic heterocycles. The second-order valence-corrected chi connectivity index (χ2v) is 6.62. The Morgan fingerprint density at radius 3 is 2.62 bits per heavy atom. The first-order valence-corrected chi connectivity index (χ1v) is 8.82. The predicted octanol–water partition coefficient (Wildman–Crippen LogP) is 3.66. The van der Waals surface area contributed by atoms with Crippen LogP contribution in [0.4, 0.5) is 8.78 Å². The Morgan fingerprint density at radius 1 is 0.966 bits per heavy atom. The van der Waals surface area contributed by atoms with Gasteiger partial charge in [-0.05, 0) is 47.5 Å². The fourth-order valence-corrected chi connectivity index (χ4v) is 3.35. The van der Waals surface area contributed by atoms with Crippen LogP contribution in [0, 0.1) is 11.6 Å². The van der Waals surface area contributed by atoms with Crippen LogP contribution in [0.1, 0.15) is 5.56 Å². The molecule has 0 fully saturated rings. The summed E-state index contributed by atoms with van der Waals surface area (Å²) in [4.78, 5) is 20.4. The molecule has 0 amide bonds. The minimum atomic E-state index is -0.736. The number of halogens is 2. The van der Waals surface area contributed by atoms with E-state index < -0.39 is 17.2 Å². The molecule has 8 heteroatoms. The Balaban J connectivity index is 1.59. The third-order valence-electron chi connectivity index (χ3n) is 4.83. The van der Waals surface area contributed by atoms with Gasteiger partial charge in [-0.1, -0.05) is 6.07 Å². The van der Waals surface area contributed by atoms with E-state index in [9.17, 15) is 13.6 Å². The van der Waals surface area contributed by atoms with Crippen molar-refractivity contribution in [3.05, 3.63) is 88.6 Å². The van der Waals surface area contributed by atoms with Crippen molar-refractivity contribution in [1.82, 2.24) is 24.7 Å². The average Bonchev–Trinajstić information content (AvgIpc) is 3.19. The summed E-state index contributed by atoms with van der Waals surface area (Å²) in [5.74, 6) is -1.47. The number of hydrogen-bond donors (Lipinski definition) is 1. The van der Waals surface area contributed by atoms with Gasteiger partial charge in [-0.15, -0.1) is 0 Å². The van der Waals surface area contributed by atoms with Crippen molar-refractivity contribution in [2.45, 2.75) is 6.54 Å². The summed E-state index contributed by atoms with van der Waals surface area (Å²) in [7, 11) is 0. The largest absolute Gasteiger partial charge is 0.285 e. The summed E-state index contributed by atoms with van der Waals surface area (Å²) in [5, 5.41) is 7.63. The van der Waals surface area contributed by atoms with E-state index in [1.54, 1.807) is 36.5 Å². The second-order valence-electron chi connectivity index (χ2n) is 6.62. The normalized spacial score (nSPS) is 11.4. The first-order chi connectivity index (χ1) is 14.1. The maximum atomic E-state index is 14.9. The van der Waals surface area contributed by atoms with E-state index in [-0.39, 0.29) is 17.8 Å². The Labute approximate surface area is 162 Å². The van der Waals surface area contributed by atoms with Crippen molar-refractivity contribution < 1.29 is 8.78 Å². The van der Waals surface area contributed by atoms with Crippen LogP contribution < -0.4 is 5.56 Å². The van der Waals surface area contributed by atoms with Gasteiger partial charge in [-0.2, -0.15) is 5.10 Å². The molecule has 0 aliphatic rings. The van der Waals surface area contributed by atoms with Crippen LogP contribution in [0.5, 0.6) is 0 Å². The smallest absolute Gasteiger partial charge is 0.270 e. The standard InChI is InChI=1S/C21H13F2N5O/c22-16-7-13(12-3-4-18-14(6-12)9-26-27-18)8-17(23)15(16)11-28-20(29)10-25-19-2-1-5-24-21(19)28/h1-10H,11H2,(H,26,27). The van der Waals surface area contributed by atoms with E-state index in [0.717, 1.165) is 17.1 Å². The van der Waals surface area contributed by atoms with E-state index in [1.165, 1.54) is 22.9 Å². The minimum absolute atomic E-state index is 0.210. The highest BCUT2D eigenvalue weighted by molar-refractivity contribution is 5.84. The van der Waals surface area contributed by atoms with Gasteiger partial charge in [0.05, 0.1) is 24.5 Å². The maximum Gasteiger partial charge on any atom is 0.270 e. The van der Waals surface area contributed by atoms with E-state index in [2.05, 4.69) is 20.2 Å². The van der Waals surface area contributed by atoms with E-state index in [0.29, 0.717) is 16.6 Å². The lowest BCUT2D eigenvalue weighted by atomic mass is 10.0. The molecular formula is C21H13F2N5O. The SMILES string of the molecule is O=c1cnc2cccnc2n1Cc1c(F)cc(-c2ccc3[nH]ncc3c2)cc1F. The molecular weight excluding hydrogens is 376 g/mol. The van der Waals surface area contributed by atoms with Gasteiger partial charge in [-0.3, -0.25) is 14.5 Å². The fourth-order valence-electron chi connectivity index (χ4n) is 3.35. The van der Waals surface area contributed by atoms with Gasteiger partial charge in [0.25, 0.3) is 5.56 Å². The van der Waals surface area contributed by atoms with Gasteiger partial charge in [-0.25, -0.2) is 18.7 Å². The summed E-state index contributed by atoms with van der Waals surface area (Å²) >= 11 is 0. The first kappa shape index (κ1) is 17.2. The Morgan fingerprint density at radius 2 is 1.79 bits per heavy atom. The molecule has 0 radical (unpaired) electrons. The van der Waals surface area contributed by atoms with E-state index in [1.807, 2.05) is 0 Å². The molecule has 3 heterocycles. The zero-order valence-electron chi connectivity index (χ0n) is 14.9. The van der Waals surface area contributed by atoms with Crippen molar-refractivity contribution in [2.75, 3.05) is 0 Å². The number of nitrogens with one attached hydrogen (secondary N) is 1. The maximum absolute atomic E-state index is 14.9. The number of hydrogen-bond acceptors (Lipinski definition) is 4. The number of pyridine rings is 1.